The van der Waals surface area contributed by atoms with Crippen molar-refractivity contribution in [3.05, 3.63) is 16.9 Å². The molecule has 0 saturated heterocycles. The summed E-state index contributed by atoms with van der Waals surface area (Å²) < 4.78 is 3.02. The van der Waals surface area contributed by atoms with Crippen molar-refractivity contribution in [3.8, 4) is 0 Å². The van der Waals surface area contributed by atoms with Crippen LogP contribution in [0.25, 0.3) is 0 Å². The second kappa shape index (κ2) is 5.66. The van der Waals surface area contributed by atoms with Crippen molar-refractivity contribution in [1.82, 2.24) is 15.1 Å². The number of hydrogen-bond acceptors (Lipinski definition) is 2. The second-order valence-electron chi connectivity index (χ2n) is 4.28. The minimum Gasteiger partial charge on any atom is -0.315 e. The first-order chi connectivity index (χ1) is 7.34. The molecule has 0 radical (unpaired) electrons. The molecule has 1 saturated carbocycles. The molecule has 0 unspecified atom stereocenters. The molecule has 0 aromatic carbocycles. The van der Waals surface area contributed by atoms with Crippen LogP contribution in [0.15, 0.2) is 16.9 Å². The predicted octanol–water partition coefficient (Wildman–Crippen LogP) is 2.43. The van der Waals surface area contributed by atoms with E-state index < -0.39 is 0 Å². The van der Waals surface area contributed by atoms with Crippen LogP contribution in [0.4, 0.5) is 0 Å². The molecule has 1 fully saturated rings. The van der Waals surface area contributed by atoms with Gasteiger partial charge in [0.25, 0.3) is 0 Å². The summed E-state index contributed by atoms with van der Waals surface area (Å²) in [5, 5.41) is 7.72. The van der Waals surface area contributed by atoms with Crippen molar-refractivity contribution in [3.63, 3.8) is 0 Å². The third-order valence-corrected chi connectivity index (χ3v) is 3.44. The lowest BCUT2D eigenvalue weighted by Crippen LogP contribution is -2.25. The van der Waals surface area contributed by atoms with E-state index in [4.69, 9.17) is 0 Å². The highest BCUT2D eigenvalue weighted by molar-refractivity contribution is 9.10. The molecule has 2 rings (SSSR count). The molecule has 0 atom stereocenters. The van der Waals surface area contributed by atoms with E-state index in [1.54, 1.807) is 0 Å². The van der Waals surface area contributed by atoms with E-state index in [0.717, 1.165) is 23.5 Å². The van der Waals surface area contributed by atoms with Gasteiger partial charge in [0, 0.05) is 12.7 Å². The Morgan fingerprint density at radius 2 is 2.27 bits per heavy atom. The molecule has 0 spiro atoms. The summed E-state index contributed by atoms with van der Waals surface area (Å²) >= 11 is 3.39. The third-order valence-electron chi connectivity index (χ3n) is 3.03. The number of hydrogen-bond donors (Lipinski definition) is 1. The normalized spacial score (nSPS) is 17.4. The van der Waals surface area contributed by atoms with Crippen molar-refractivity contribution in [2.24, 2.45) is 5.92 Å². The maximum atomic E-state index is 4.21. The summed E-state index contributed by atoms with van der Waals surface area (Å²) in [7, 11) is 0. The summed E-state index contributed by atoms with van der Waals surface area (Å²) in [5.41, 5.74) is 0. The predicted molar refractivity (Wildman–Crippen MR) is 64.8 cm³/mol. The van der Waals surface area contributed by atoms with Gasteiger partial charge in [0.2, 0.25) is 0 Å². The van der Waals surface area contributed by atoms with Crippen LogP contribution in [0.3, 0.4) is 0 Å². The van der Waals surface area contributed by atoms with Crippen molar-refractivity contribution in [1.29, 1.82) is 0 Å². The number of aromatic nitrogens is 2. The van der Waals surface area contributed by atoms with Crippen molar-refractivity contribution in [2.75, 3.05) is 13.1 Å². The minimum atomic E-state index is 0.925. The summed E-state index contributed by atoms with van der Waals surface area (Å²) in [6.45, 7) is 3.16. The van der Waals surface area contributed by atoms with Crippen molar-refractivity contribution >= 4 is 15.9 Å². The van der Waals surface area contributed by atoms with E-state index >= 15 is 0 Å². The maximum absolute atomic E-state index is 4.21. The van der Waals surface area contributed by atoms with Gasteiger partial charge in [-0.3, -0.25) is 4.68 Å². The van der Waals surface area contributed by atoms with Crippen molar-refractivity contribution < 1.29 is 0 Å². The number of nitrogens with zero attached hydrogens (tertiary/aromatic N) is 2. The van der Waals surface area contributed by atoms with Gasteiger partial charge in [-0.15, -0.1) is 0 Å². The largest absolute Gasteiger partial charge is 0.315 e. The molecule has 1 aliphatic carbocycles. The topological polar surface area (TPSA) is 29.9 Å². The molecular formula is C11H18BrN3. The van der Waals surface area contributed by atoms with Crippen LogP contribution >= 0.6 is 15.9 Å². The van der Waals surface area contributed by atoms with E-state index in [0.29, 0.717) is 0 Å². The molecule has 84 valence electrons. The Balaban J connectivity index is 1.58. The van der Waals surface area contributed by atoms with Gasteiger partial charge >= 0.3 is 0 Å². The standard InChI is InChI=1S/C11H18BrN3/c12-11-8-14-15(9-11)6-5-13-7-10-3-1-2-4-10/h8-10,13H,1-7H2. The van der Waals surface area contributed by atoms with Gasteiger partial charge in [0.15, 0.2) is 0 Å². The molecule has 1 aromatic heterocycles. The molecule has 1 aliphatic rings. The first-order valence-electron chi connectivity index (χ1n) is 5.73. The third kappa shape index (κ3) is 3.61. The molecule has 1 aromatic rings. The van der Waals surface area contributed by atoms with E-state index in [1.807, 2.05) is 17.1 Å². The molecule has 1 heterocycles. The van der Waals surface area contributed by atoms with Crippen LogP contribution in [-0.4, -0.2) is 22.9 Å². The zero-order chi connectivity index (χ0) is 10.5. The monoisotopic (exact) mass is 271 g/mol. The van der Waals surface area contributed by atoms with Crippen LogP contribution in [0.2, 0.25) is 0 Å². The van der Waals surface area contributed by atoms with Gasteiger partial charge in [-0.2, -0.15) is 5.10 Å². The Bertz CT molecular complexity index is 292. The fourth-order valence-corrected chi connectivity index (χ4v) is 2.50. The Kier molecular flexibility index (Phi) is 4.20. The molecule has 0 amide bonds. The van der Waals surface area contributed by atoms with Gasteiger partial charge in [-0.05, 0) is 41.2 Å². The van der Waals surface area contributed by atoms with Crippen LogP contribution in [0.1, 0.15) is 25.7 Å². The number of rotatable bonds is 5. The van der Waals surface area contributed by atoms with Gasteiger partial charge in [-0.1, -0.05) is 12.8 Å². The Labute approximate surface area is 99.4 Å². The van der Waals surface area contributed by atoms with Gasteiger partial charge in [0.05, 0.1) is 17.2 Å². The first kappa shape index (κ1) is 11.1. The lowest BCUT2D eigenvalue weighted by Gasteiger charge is -2.10. The van der Waals surface area contributed by atoms with Gasteiger partial charge < -0.3 is 5.32 Å². The number of halogens is 1. The first-order valence-corrected chi connectivity index (χ1v) is 6.52. The van der Waals surface area contributed by atoms with Crippen LogP contribution in [-0.2, 0) is 6.54 Å². The summed E-state index contributed by atoms with van der Waals surface area (Å²) in [6, 6.07) is 0. The number of nitrogens with one attached hydrogen (secondary N) is 1. The minimum absolute atomic E-state index is 0.925. The average Bonchev–Trinajstić information content (AvgIpc) is 2.84. The van der Waals surface area contributed by atoms with Gasteiger partial charge in [0.1, 0.15) is 0 Å². The van der Waals surface area contributed by atoms with Gasteiger partial charge in [-0.25, -0.2) is 0 Å². The highest BCUT2D eigenvalue weighted by Crippen LogP contribution is 2.23. The molecule has 0 bridgehead atoms. The molecule has 3 nitrogen and oxygen atoms in total. The summed E-state index contributed by atoms with van der Waals surface area (Å²) in [6.07, 6.45) is 9.53. The van der Waals surface area contributed by atoms with Crippen LogP contribution in [0, 0.1) is 5.92 Å². The molecule has 1 N–H and O–H groups in total. The van der Waals surface area contributed by atoms with Crippen LogP contribution in [0.5, 0.6) is 0 Å². The SMILES string of the molecule is Brc1cnn(CCNCC2CCCC2)c1. The van der Waals surface area contributed by atoms with E-state index in [-0.39, 0.29) is 0 Å². The summed E-state index contributed by atoms with van der Waals surface area (Å²) in [4.78, 5) is 0. The summed E-state index contributed by atoms with van der Waals surface area (Å²) in [5.74, 6) is 0.925. The molecule has 15 heavy (non-hydrogen) atoms. The lowest BCUT2D eigenvalue weighted by atomic mass is 10.1. The molecule has 0 aliphatic heterocycles. The fourth-order valence-electron chi connectivity index (χ4n) is 2.17. The highest BCUT2D eigenvalue weighted by atomic mass is 79.9. The maximum Gasteiger partial charge on any atom is 0.0632 e. The highest BCUT2D eigenvalue weighted by Gasteiger charge is 2.13. The average molecular weight is 272 g/mol. The Morgan fingerprint density at radius 3 is 2.93 bits per heavy atom. The van der Waals surface area contributed by atoms with Crippen LogP contribution < -0.4 is 5.32 Å². The second-order valence-corrected chi connectivity index (χ2v) is 5.19. The zero-order valence-electron chi connectivity index (χ0n) is 8.95. The van der Waals surface area contributed by atoms with Crippen molar-refractivity contribution in [2.45, 2.75) is 32.2 Å². The fraction of sp³-hybridized carbons (Fsp3) is 0.727. The Morgan fingerprint density at radius 1 is 1.47 bits per heavy atom. The Hall–Kier alpha value is -0.350. The van der Waals surface area contributed by atoms with E-state index in [2.05, 4.69) is 26.3 Å². The molecule has 4 heteroatoms. The lowest BCUT2D eigenvalue weighted by molar-refractivity contribution is 0.467. The smallest absolute Gasteiger partial charge is 0.0632 e. The quantitative estimate of drug-likeness (QED) is 0.834. The van der Waals surface area contributed by atoms with E-state index in [1.165, 1.54) is 32.2 Å². The van der Waals surface area contributed by atoms with E-state index in [9.17, 15) is 0 Å². The molecular weight excluding hydrogens is 254 g/mol. The zero-order valence-corrected chi connectivity index (χ0v) is 10.5.